The van der Waals surface area contributed by atoms with Crippen LogP contribution in [0.1, 0.15) is 5.56 Å². The highest BCUT2D eigenvalue weighted by Gasteiger charge is 2.16. The van der Waals surface area contributed by atoms with Gasteiger partial charge in [-0.05, 0) is 42.8 Å². The molecule has 0 fully saturated rings. The van der Waals surface area contributed by atoms with Gasteiger partial charge in [-0.1, -0.05) is 6.07 Å². The van der Waals surface area contributed by atoms with Crippen LogP contribution in [0.2, 0.25) is 0 Å². The normalized spacial score (nSPS) is 11.2. The van der Waals surface area contributed by atoms with E-state index in [1.165, 1.54) is 12.3 Å². The van der Waals surface area contributed by atoms with E-state index in [9.17, 15) is 10.3 Å². The van der Waals surface area contributed by atoms with Crippen LogP contribution in [0, 0.1) is 6.92 Å². The molecule has 0 spiro atoms. The van der Waals surface area contributed by atoms with Crippen molar-refractivity contribution in [2.45, 2.75) is 6.92 Å². The second kappa shape index (κ2) is 5.92. The molecule has 3 aromatic rings. The quantitative estimate of drug-likeness (QED) is 0.439. The van der Waals surface area contributed by atoms with Gasteiger partial charge in [-0.2, -0.15) is 0 Å². The first-order valence-corrected chi connectivity index (χ1v) is 7.02. The van der Waals surface area contributed by atoms with E-state index in [2.05, 4.69) is 10.2 Å². The molecule has 2 N–H and O–H groups in total. The van der Waals surface area contributed by atoms with Gasteiger partial charge in [-0.15, -0.1) is 10.2 Å². The van der Waals surface area contributed by atoms with Crippen molar-refractivity contribution in [2.75, 3.05) is 7.11 Å². The van der Waals surface area contributed by atoms with Crippen LogP contribution in [0.25, 0.3) is 10.9 Å². The number of benzene rings is 2. The molecule has 3 rings (SSSR count). The van der Waals surface area contributed by atoms with Crippen molar-refractivity contribution in [3.05, 3.63) is 54.2 Å². The van der Waals surface area contributed by atoms with Crippen LogP contribution in [0.4, 0.5) is 11.4 Å². The van der Waals surface area contributed by atoms with Gasteiger partial charge < -0.3 is 9.84 Å². The van der Waals surface area contributed by atoms with E-state index in [0.29, 0.717) is 22.5 Å². The number of methoxy groups -OCH3 is 1. The number of rotatable bonds is 3. The highest BCUT2D eigenvalue weighted by molar-refractivity contribution is 5.91. The fraction of sp³-hybridized carbons (Fsp3) is 0.118. The van der Waals surface area contributed by atoms with Crippen LogP contribution in [0.5, 0.6) is 11.5 Å². The third-order valence-corrected chi connectivity index (χ3v) is 3.49. The van der Waals surface area contributed by atoms with E-state index in [-0.39, 0.29) is 11.3 Å². The maximum Gasteiger partial charge on any atom is 0.307 e. The predicted molar refractivity (Wildman–Crippen MR) is 84.9 cm³/mol. The number of aromatic nitrogens is 1. The summed E-state index contributed by atoms with van der Waals surface area (Å²) in [4.78, 5) is 0. The second-order valence-electron chi connectivity index (χ2n) is 5.09. The van der Waals surface area contributed by atoms with Crippen molar-refractivity contribution in [3.63, 3.8) is 0 Å². The van der Waals surface area contributed by atoms with Crippen molar-refractivity contribution < 1.29 is 19.8 Å². The topological polar surface area (TPSA) is 78.3 Å². The molecule has 0 bridgehead atoms. The number of phenolic OH excluding ortho intramolecular Hbond substituents is 1. The van der Waals surface area contributed by atoms with E-state index in [1.807, 2.05) is 25.1 Å². The summed E-state index contributed by atoms with van der Waals surface area (Å²) in [5, 5.41) is 28.8. The molecule has 0 aliphatic rings. The first-order chi connectivity index (χ1) is 11.1. The Kier molecular flexibility index (Phi) is 3.80. The Balaban J connectivity index is 2.11. The minimum atomic E-state index is -0.0322. The minimum absolute atomic E-state index is 0.0322. The van der Waals surface area contributed by atoms with Gasteiger partial charge >= 0.3 is 5.52 Å². The molecule has 6 heteroatoms. The first kappa shape index (κ1) is 14.8. The Morgan fingerprint density at radius 3 is 2.61 bits per heavy atom. The van der Waals surface area contributed by atoms with Crippen LogP contribution in [-0.2, 0) is 0 Å². The molecule has 0 saturated carbocycles. The van der Waals surface area contributed by atoms with Crippen LogP contribution in [-0.4, -0.2) is 17.4 Å². The zero-order valence-electron chi connectivity index (χ0n) is 12.8. The van der Waals surface area contributed by atoms with E-state index in [4.69, 9.17) is 4.74 Å². The fourth-order valence-electron chi connectivity index (χ4n) is 2.36. The molecule has 0 aliphatic carbocycles. The summed E-state index contributed by atoms with van der Waals surface area (Å²) < 4.78 is 6.13. The Bertz CT molecular complexity index is 899. The molecule has 6 nitrogen and oxygen atoms in total. The second-order valence-corrected chi connectivity index (χ2v) is 5.09. The zero-order valence-corrected chi connectivity index (χ0v) is 12.8. The van der Waals surface area contributed by atoms with Gasteiger partial charge in [0, 0.05) is 10.8 Å². The Labute approximate surface area is 132 Å². The van der Waals surface area contributed by atoms with E-state index < -0.39 is 0 Å². The molecule has 2 aromatic carbocycles. The summed E-state index contributed by atoms with van der Waals surface area (Å²) in [6.45, 7) is 1.96. The smallest absolute Gasteiger partial charge is 0.307 e. The molecule has 1 aromatic heterocycles. The van der Waals surface area contributed by atoms with Gasteiger partial charge in [0.05, 0.1) is 12.5 Å². The molecule has 0 unspecified atom stereocenters. The lowest BCUT2D eigenvalue weighted by Gasteiger charge is -2.04. The van der Waals surface area contributed by atoms with Crippen LogP contribution >= 0.6 is 0 Å². The minimum Gasteiger partial charge on any atom is -0.502 e. The van der Waals surface area contributed by atoms with Crippen molar-refractivity contribution in [1.82, 2.24) is 0 Å². The molecular weight excluding hydrogens is 294 g/mol. The SMILES string of the molecule is COc1ccc(C)cc1N=Nc1ccc(O)c2c1ccc[n+]2O. The Morgan fingerprint density at radius 2 is 1.83 bits per heavy atom. The van der Waals surface area contributed by atoms with Crippen molar-refractivity contribution >= 4 is 22.3 Å². The van der Waals surface area contributed by atoms with E-state index in [1.54, 1.807) is 25.3 Å². The van der Waals surface area contributed by atoms with Gasteiger partial charge in [0.25, 0.3) is 0 Å². The number of fused-ring (bicyclic) bond motifs is 1. The monoisotopic (exact) mass is 310 g/mol. The molecule has 1 heterocycles. The maximum atomic E-state index is 9.91. The molecular formula is C17H16N3O3+. The largest absolute Gasteiger partial charge is 0.502 e. The average molecular weight is 310 g/mol. The number of ether oxygens (including phenoxy) is 1. The molecule has 0 radical (unpaired) electrons. The number of azo groups is 1. The third-order valence-electron chi connectivity index (χ3n) is 3.49. The van der Waals surface area contributed by atoms with Gasteiger partial charge in [0.15, 0.2) is 5.75 Å². The molecule has 0 atom stereocenters. The van der Waals surface area contributed by atoms with Gasteiger partial charge in [0.2, 0.25) is 6.20 Å². The Morgan fingerprint density at radius 1 is 1.04 bits per heavy atom. The fourth-order valence-corrected chi connectivity index (χ4v) is 2.36. The molecule has 116 valence electrons. The van der Waals surface area contributed by atoms with E-state index in [0.717, 1.165) is 10.3 Å². The lowest BCUT2D eigenvalue weighted by molar-refractivity contribution is -0.884. The molecule has 0 aliphatic heterocycles. The molecule has 0 amide bonds. The third kappa shape index (κ3) is 2.78. The van der Waals surface area contributed by atoms with Crippen LogP contribution in [0.3, 0.4) is 0 Å². The number of nitrogens with zero attached hydrogens (tertiary/aromatic N) is 3. The lowest BCUT2D eigenvalue weighted by Crippen LogP contribution is -2.29. The number of aromatic hydroxyl groups is 1. The van der Waals surface area contributed by atoms with Crippen LogP contribution in [0.15, 0.2) is 58.9 Å². The summed E-state index contributed by atoms with van der Waals surface area (Å²) in [6.07, 6.45) is 1.44. The van der Waals surface area contributed by atoms with E-state index >= 15 is 0 Å². The van der Waals surface area contributed by atoms with Crippen molar-refractivity contribution in [3.8, 4) is 11.5 Å². The van der Waals surface area contributed by atoms with Gasteiger partial charge in [0.1, 0.15) is 17.1 Å². The van der Waals surface area contributed by atoms with Crippen molar-refractivity contribution in [2.24, 2.45) is 10.2 Å². The number of phenols is 1. The summed E-state index contributed by atoms with van der Waals surface area (Å²) >= 11 is 0. The maximum absolute atomic E-state index is 9.91. The summed E-state index contributed by atoms with van der Waals surface area (Å²) in [6, 6.07) is 12.2. The Hall–Kier alpha value is -3.15. The standard InChI is InChI=1S/C17H15N3O3/c1-11-5-8-16(23-2)14(10-11)19-18-13-6-7-15(21)17-12(13)4-3-9-20(17)22/h3-10H,1-2H3,(H-,19,21,22)/p+1. The highest BCUT2D eigenvalue weighted by Crippen LogP contribution is 2.33. The average Bonchev–Trinajstić information content (AvgIpc) is 2.54. The summed E-state index contributed by atoms with van der Waals surface area (Å²) in [7, 11) is 1.58. The van der Waals surface area contributed by atoms with Crippen LogP contribution < -0.4 is 9.47 Å². The van der Waals surface area contributed by atoms with Gasteiger partial charge in [-0.3, -0.25) is 5.21 Å². The molecule has 23 heavy (non-hydrogen) atoms. The molecule has 0 saturated heterocycles. The lowest BCUT2D eigenvalue weighted by atomic mass is 10.1. The van der Waals surface area contributed by atoms with Crippen molar-refractivity contribution in [1.29, 1.82) is 0 Å². The zero-order chi connectivity index (χ0) is 16.4. The summed E-state index contributed by atoms with van der Waals surface area (Å²) in [5.41, 5.74) is 2.47. The number of hydrogen-bond donors (Lipinski definition) is 2. The predicted octanol–water partition coefficient (Wildman–Crippen LogP) is 3.80. The number of aryl methyl sites for hydroxylation is 1. The first-order valence-electron chi connectivity index (χ1n) is 7.02. The highest BCUT2D eigenvalue weighted by atomic mass is 16.5. The summed E-state index contributed by atoms with van der Waals surface area (Å²) in [5.74, 6) is 0.592. The number of pyridine rings is 1. The number of hydrogen-bond acceptors (Lipinski definition) is 5. The van der Waals surface area contributed by atoms with Gasteiger partial charge in [-0.25, -0.2) is 0 Å².